The predicted octanol–water partition coefficient (Wildman–Crippen LogP) is 2.73. The number of amides is 1. The van der Waals surface area contributed by atoms with E-state index in [1.54, 1.807) is 12.1 Å². The van der Waals surface area contributed by atoms with Crippen molar-refractivity contribution < 1.29 is 9.18 Å². The van der Waals surface area contributed by atoms with Crippen LogP contribution in [0.1, 0.15) is 43.9 Å². The minimum atomic E-state index is -0.167. The molecule has 1 aromatic carbocycles. The Balaban J connectivity index is 1.60. The third-order valence-corrected chi connectivity index (χ3v) is 5.62. The zero-order valence-electron chi connectivity index (χ0n) is 15.6. The quantitative estimate of drug-likeness (QED) is 0.913. The number of piperazine rings is 1. The molecule has 0 radical (unpaired) electrons. The molecule has 25 heavy (non-hydrogen) atoms. The van der Waals surface area contributed by atoms with Gasteiger partial charge in [0.05, 0.1) is 0 Å². The lowest BCUT2D eigenvalue weighted by Crippen LogP contribution is -2.54. The Hall–Kier alpha value is -1.46. The molecule has 2 fully saturated rings. The molecule has 4 nitrogen and oxygen atoms in total. The summed E-state index contributed by atoms with van der Waals surface area (Å²) in [6.07, 6.45) is 2.18. The Morgan fingerprint density at radius 2 is 1.96 bits per heavy atom. The molecule has 5 heteroatoms. The first-order valence-electron chi connectivity index (χ1n) is 9.48. The molecular formula is C20H30FN3O. The number of aryl methyl sites for hydroxylation is 1. The predicted molar refractivity (Wildman–Crippen MR) is 97.9 cm³/mol. The van der Waals surface area contributed by atoms with Crippen molar-refractivity contribution in [2.24, 2.45) is 5.92 Å². The average Bonchev–Trinajstić information content (AvgIpc) is 2.61. The molecule has 0 saturated carbocycles. The summed E-state index contributed by atoms with van der Waals surface area (Å²) < 4.78 is 13.4. The first kappa shape index (κ1) is 18.3. The van der Waals surface area contributed by atoms with Crippen LogP contribution in [-0.2, 0) is 4.79 Å². The standard InChI is InChI=1S/C20H30FN3O/c1-14(2)20(25)24-10-8-23(9-11-24)17-6-7-22-19(13-17)18-5-4-16(21)12-15(18)3/h4-5,12,14,17,19,22H,6-11,13H2,1-3H3/t17-,19+/m0/s1. The Morgan fingerprint density at radius 1 is 1.24 bits per heavy atom. The lowest BCUT2D eigenvalue weighted by molar-refractivity contribution is -0.136. The van der Waals surface area contributed by atoms with Gasteiger partial charge in [0.2, 0.25) is 5.91 Å². The molecule has 1 aromatic rings. The van der Waals surface area contributed by atoms with E-state index in [1.807, 2.05) is 31.7 Å². The highest BCUT2D eigenvalue weighted by Gasteiger charge is 2.31. The fourth-order valence-electron chi connectivity index (χ4n) is 4.17. The highest BCUT2D eigenvalue weighted by molar-refractivity contribution is 5.78. The van der Waals surface area contributed by atoms with Crippen LogP contribution < -0.4 is 5.32 Å². The lowest BCUT2D eigenvalue weighted by Gasteiger charge is -2.43. The smallest absolute Gasteiger partial charge is 0.225 e. The van der Waals surface area contributed by atoms with E-state index in [0.29, 0.717) is 6.04 Å². The van der Waals surface area contributed by atoms with E-state index in [9.17, 15) is 9.18 Å². The Kier molecular flexibility index (Phi) is 5.74. The molecule has 2 heterocycles. The van der Waals surface area contributed by atoms with E-state index in [1.165, 1.54) is 5.56 Å². The molecule has 2 atom stereocenters. The molecule has 2 aliphatic heterocycles. The number of nitrogens with one attached hydrogen (secondary N) is 1. The van der Waals surface area contributed by atoms with Crippen LogP contribution in [0.5, 0.6) is 0 Å². The summed E-state index contributed by atoms with van der Waals surface area (Å²) in [5, 5.41) is 3.59. The van der Waals surface area contributed by atoms with E-state index >= 15 is 0 Å². The number of piperidine rings is 1. The number of hydrogen-bond donors (Lipinski definition) is 1. The number of rotatable bonds is 3. The zero-order valence-corrected chi connectivity index (χ0v) is 15.6. The van der Waals surface area contributed by atoms with Gasteiger partial charge in [0.1, 0.15) is 5.82 Å². The maximum absolute atomic E-state index is 13.4. The van der Waals surface area contributed by atoms with Crippen LogP contribution in [-0.4, -0.2) is 54.5 Å². The number of carbonyl (C=O) groups excluding carboxylic acids is 1. The zero-order chi connectivity index (χ0) is 18.0. The second-order valence-electron chi connectivity index (χ2n) is 7.70. The number of benzene rings is 1. The fraction of sp³-hybridized carbons (Fsp3) is 0.650. The van der Waals surface area contributed by atoms with Gasteiger partial charge in [-0.05, 0) is 49.6 Å². The molecule has 0 bridgehead atoms. The first-order valence-corrected chi connectivity index (χ1v) is 9.48. The van der Waals surface area contributed by atoms with Crippen molar-refractivity contribution >= 4 is 5.91 Å². The van der Waals surface area contributed by atoms with E-state index < -0.39 is 0 Å². The maximum Gasteiger partial charge on any atom is 0.225 e. The van der Waals surface area contributed by atoms with Crippen molar-refractivity contribution in [3.05, 3.63) is 35.1 Å². The molecule has 0 unspecified atom stereocenters. The summed E-state index contributed by atoms with van der Waals surface area (Å²) in [5.74, 6) is 0.181. The minimum absolute atomic E-state index is 0.0799. The Labute approximate surface area is 150 Å². The highest BCUT2D eigenvalue weighted by atomic mass is 19.1. The van der Waals surface area contributed by atoms with Crippen LogP contribution in [0.15, 0.2) is 18.2 Å². The molecule has 2 saturated heterocycles. The number of halogens is 1. The van der Waals surface area contributed by atoms with Gasteiger partial charge in [0, 0.05) is 44.2 Å². The maximum atomic E-state index is 13.4. The van der Waals surface area contributed by atoms with Gasteiger partial charge in [-0.25, -0.2) is 4.39 Å². The van der Waals surface area contributed by atoms with Crippen molar-refractivity contribution in [2.45, 2.75) is 45.7 Å². The molecule has 0 spiro atoms. The third-order valence-electron chi connectivity index (χ3n) is 5.62. The van der Waals surface area contributed by atoms with Gasteiger partial charge in [0.15, 0.2) is 0 Å². The molecule has 1 amide bonds. The summed E-state index contributed by atoms with van der Waals surface area (Å²) in [7, 11) is 0. The molecule has 3 rings (SSSR count). The molecule has 0 aliphatic carbocycles. The lowest BCUT2D eigenvalue weighted by atomic mass is 9.90. The fourth-order valence-corrected chi connectivity index (χ4v) is 4.17. The number of hydrogen-bond acceptors (Lipinski definition) is 3. The van der Waals surface area contributed by atoms with Crippen molar-refractivity contribution in [3.63, 3.8) is 0 Å². The molecule has 0 aromatic heterocycles. The van der Waals surface area contributed by atoms with Crippen molar-refractivity contribution in [1.82, 2.24) is 15.1 Å². The summed E-state index contributed by atoms with van der Waals surface area (Å²) in [6.45, 7) is 10.5. The largest absolute Gasteiger partial charge is 0.340 e. The molecular weight excluding hydrogens is 317 g/mol. The summed E-state index contributed by atoms with van der Waals surface area (Å²) >= 11 is 0. The third kappa shape index (κ3) is 4.21. The SMILES string of the molecule is Cc1cc(F)ccc1[C@H]1C[C@@H](N2CCN(C(=O)C(C)C)CC2)CCN1. The van der Waals surface area contributed by atoms with Crippen LogP contribution in [0.25, 0.3) is 0 Å². The molecule has 2 aliphatic rings. The van der Waals surface area contributed by atoms with Gasteiger partial charge in [-0.2, -0.15) is 0 Å². The van der Waals surface area contributed by atoms with Crippen molar-refractivity contribution in [2.75, 3.05) is 32.7 Å². The second-order valence-corrected chi connectivity index (χ2v) is 7.70. The van der Waals surface area contributed by atoms with E-state index in [-0.39, 0.29) is 23.7 Å². The van der Waals surface area contributed by atoms with Gasteiger partial charge in [-0.1, -0.05) is 19.9 Å². The van der Waals surface area contributed by atoms with Crippen LogP contribution in [0.2, 0.25) is 0 Å². The summed E-state index contributed by atoms with van der Waals surface area (Å²) in [4.78, 5) is 16.7. The van der Waals surface area contributed by atoms with Crippen LogP contribution in [0, 0.1) is 18.7 Å². The average molecular weight is 347 g/mol. The van der Waals surface area contributed by atoms with Gasteiger partial charge in [0.25, 0.3) is 0 Å². The van der Waals surface area contributed by atoms with Gasteiger partial charge in [-0.3, -0.25) is 9.69 Å². The van der Waals surface area contributed by atoms with Crippen LogP contribution in [0.4, 0.5) is 4.39 Å². The van der Waals surface area contributed by atoms with E-state index in [0.717, 1.165) is 51.1 Å². The second kappa shape index (κ2) is 7.83. The van der Waals surface area contributed by atoms with Crippen molar-refractivity contribution in [1.29, 1.82) is 0 Å². The molecule has 138 valence electrons. The van der Waals surface area contributed by atoms with Gasteiger partial charge in [-0.15, -0.1) is 0 Å². The van der Waals surface area contributed by atoms with Gasteiger partial charge < -0.3 is 10.2 Å². The summed E-state index contributed by atoms with van der Waals surface area (Å²) in [6, 6.07) is 5.92. The van der Waals surface area contributed by atoms with E-state index in [4.69, 9.17) is 0 Å². The topological polar surface area (TPSA) is 35.6 Å². The minimum Gasteiger partial charge on any atom is -0.340 e. The molecule has 1 N–H and O–H groups in total. The highest BCUT2D eigenvalue weighted by Crippen LogP contribution is 2.29. The first-order chi connectivity index (χ1) is 12.0. The number of nitrogens with zero attached hydrogens (tertiary/aromatic N) is 2. The van der Waals surface area contributed by atoms with Crippen LogP contribution >= 0.6 is 0 Å². The Bertz CT molecular complexity index is 611. The number of carbonyl (C=O) groups is 1. The summed E-state index contributed by atoms with van der Waals surface area (Å²) in [5.41, 5.74) is 2.23. The van der Waals surface area contributed by atoms with E-state index in [2.05, 4.69) is 10.2 Å². The van der Waals surface area contributed by atoms with Gasteiger partial charge >= 0.3 is 0 Å². The Morgan fingerprint density at radius 3 is 2.60 bits per heavy atom. The van der Waals surface area contributed by atoms with Crippen LogP contribution in [0.3, 0.4) is 0 Å². The monoisotopic (exact) mass is 347 g/mol. The normalized spacial score (nSPS) is 25.4. The van der Waals surface area contributed by atoms with Crippen molar-refractivity contribution in [3.8, 4) is 0 Å².